The molecule has 0 saturated heterocycles. The summed E-state index contributed by atoms with van der Waals surface area (Å²) in [6, 6.07) is 8.85. The van der Waals surface area contributed by atoms with E-state index in [0.29, 0.717) is 12.5 Å². The van der Waals surface area contributed by atoms with Gasteiger partial charge in [-0.05, 0) is 30.5 Å². The van der Waals surface area contributed by atoms with Gasteiger partial charge in [-0.1, -0.05) is 35.0 Å². The molecule has 0 saturated carbocycles. The lowest BCUT2D eigenvalue weighted by Crippen LogP contribution is -2.27. The monoisotopic (exact) mass is 280 g/mol. The third kappa shape index (κ3) is 3.96. The van der Waals surface area contributed by atoms with Crippen LogP contribution < -0.4 is 5.32 Å². The fourth-order valence-electron chi connectivity index (χ4n) is 1.48. The van der Waals surface area contributed by atoms with Crippen LogP contribution in [0.5, 0.6) is 0 Å². The van der Waals surface area contributed by atoms with Gasteiger partial charge in [0.25, 0.3) is 0 Å². The van der Waals surface area contributed by atoms with E-state index in [-0.39, 0.29) is 0 Å². The lowest BCUT2D eigenvalue weighted by atomic mass is 10.1. The maximum atomic E-state index is 8.65. The summed E-state index contributed by atoms with van der Waals surface area (Å²) in [5.74, 6) is 0. The molecule has 0 radical (unpaired) electrons. The zero-order valence-corrected chi connectivity index (χ0v) is 11.3. The smallest absolute Gasteiger partial charge is 0.0638 e. The largest absolute Gasteiger partial charge is 0.309 e. The Bertz CT molecular complexity index is 382. The molecular formula is C13H17BrN2. The van der Waals surface area contributed by atoms with Crippen molar-refractivity contribution in [3.63, 3.8) is 0 Å². The first-order valence-corrected chi connectivity index (χ1v) is 6.32. The summed E-state index contributed by atoms with van der Waals surface area (Å²) < 4.78 is 1.14. The molecule has 1 unspecified atom stereocenters. The van der Waals surface area contributed by atoms with Gasteiger partial charge in [-0.25, -0.2) is 0 Å². The number of hydrogen-bond donors (Lipinski definition) is 1. The highest BCUT2D eigenvalue weighted by Gasteiger charge is 2.05. The van der Waals surface area contributed by atoms with Crippen molar-refractivity contribution in [3.8, 4) is 6.07 Å². The van der Waals surface area contributed by atoms with Crippen LogP contribution in [0.25, 0.3) is 0 Å². The second kappa shape index (κ2) is 6.67. The molecule has 0 fully saturated rings. The lowest BCUT2D eigenvalue weighted by molar-refractivity contribution is 0.505. The molecule has 0 aliphatic heterocycles. The van der Waals surface area contributed by atoms with Crippen LogP contribution in [0.2, 0.25) is 0 Å². The second-order valence-corrected chi connectivity index (χ2v) is 4.79. The molecular weight excluding hydrogens is 264 g/mol. The minimum atomic E-state index is 0.296. The topological polar surface area (TPSA) is 35.8 Å². The van der Waals surface area contributed by atoms with E-state index >= 15 is 0 Å². The average molecular weight is 281 g/mol. The average Bonchev–Trinajstić information content (AvgIpc) is 2.28. The molecule has 0 bridgehead atoms. The first kappa shape index (κ1) is 13.2. The Balaban J connectivity index is 2.54. The van der Waals surface area contributed by atoms with Gasteiger partial charge in [-0.2, -0.15) is 5.26 Å². The van der Waals surface area contributed by atoms with Crippen LogP contribution in [-0.2, 0) is 6.54 Å². The van der Waals surface area contributed by atoms with Crippen LogP contribution in [0.4, 0.5) is 0 Å². The van der Waals surface area contributed by atoms with Gasteiger partial charge in [0.1, 0.15) is 0 Å². The Labute approximate surface area is 106 Å². The Hall–Kier alpha value is -0.850. The van der Waals surface area contributed by atoms with E-state index in [4.69, 9.17) is 5.26 Å². The Morgan fingerprint density at radius 1 is 1.50 bits per heavy atom. The molecule has 0 spiro atoms. The summed E-state index contributed by atoms with van der Waals surface area (Å²) in [4.78, 5) is 0. The number of benzene rings is 1. The number of nitriles is 1. The quantitative estimate of drug-likeness (QED) is 0.896. The number of rotatable bonds is 5. The van der Waals surface area contributed by atoms with E-state index < -0.39 is 0 Å². The Morgan fingerprint density at radius 3 is 2.81 bits per heavy atom. The third-order valence-electron chi connectivity index (χ3n) is 2.66. The number of nitrogens with zero attached hydrogens (tertiary/aromatic N) is 1. The number of aryl methyl sites for hydroxylation is 1. The molecule has 0 aliphatic rings. The van der Waals surface area contributed by atoms with Crippen LogP contribution in [0.15, 0.2) is 22.7 Å². The van der Waals surface area contributed by atoms with Crippen molar-refractivity contribution >= 4 is 15.9 Å². The molecule has 1 aromatic carbocycles. The third-order valence-corrected chi connectivity index (χ3v) is 3.52. The molecule has 0 amide bonds. The van der Waals surface area contributed by atoms with Crippen molar-refractivity contribution in [3.05, 3.63) is 33.8 Å². The van der Waals surface area contributed by atoms with Crippen LogP contribution in [0, 0.1) is 18.3 Å². The van der Waals surface area contributed by atoms with Crippen molar-refractivity contribution in [2.45, 2.75) is 39.3 Å². The zero-order chi connectivity index (χ0) is 12.0. The Kier molecular flexibility index (Phi) is 5.51. The van der Waals surface area contributed by atoms with Crippen molar-refractivity contribution in [2.24, 2.45) is 0 Å². The molecule has 3 heteroatoms. The molecule has 1 rings (SSSR count). The van der Waals surface area contributed by atoms with E-state index in [0.717, 1.165) is 17.4 Å². The number of halogens is 1. The fraction of sp³-hybridized carbons (Fsp3) is 0.462. The Morgan fingerprint density at radius 2 is 2.25 bits per heavy atom. The van der Waals surface area contributed by atoms with Gasteiger partial charge in [0.05, 0.1) is 12.5 Å². The molecule has 2 nitrogen and oxygen atoms in total. The maximum Gasteiger partial charge on any atom is 0.0638 e. The normalized spacial score (nSPS) is 12.1. The molecule has 1 aromatic rings. The molecule has 1 atom stereocenters. The van der Waals surface area contributed by atoms with Gasteiger partial charge < -0.3 is 5.32 Å². The first-order chi connectivity index (χ1) is 7.67. The van der Waals surface area contributed by atoms with E-state index in [1.807, 2.05) is 0 Å². The van der Waals surface area contributed by atoms with Crippen LogP contribution >= 0.6 is 15.9 Å². The summed E-state index contributed by atoms with van der Waals surface area (Å²) in [5, 5.41) is 12.0. The summed E-state index contributed by atoms with van der Waals surface area (Å²) in [5.41, 5.74) is 2.49. The molecule has 0 aliphatic carbocycles. The van der Waals surface area contributed by atoms with Gasteiger partial charge in [0, 0.05) is 17.1 Å². The van der Waals surface area contributed by atoms with Crippen molar-refractivity contribution in [1.29, 1.82) is 5.26 Å². The van der Waals surface area contributed by atoms with Gasteiger partial charge in [-0.15, -0.1) is 0 Å². The standard InChI is InChI=1S/C13H17BrN2/c1-3-12(6-7-15)16-9-11-5-4-10(2)13(14)8-11/h4-5,8,12,16H,3,6,9H2,1-2H3. The molecule has 0 heterocycles. The highest BCUT2D eigenvalue weighted by Crippen LogP contribution is 2.17. The van der Waals surface area contributed by atoms with Crippen LogP contribution in [0.1, 0.15) is 30.9 Å². The highest BCUT2D eigenvalue weighted by molar-refractivity contribution is 9.10. The number of hydrogen-bond acceptors (Lipinski definition) is 2. The minimum Gasteiger partial charge on any atom is -0.309 e. The molecule has 86 valence electrons. The van der Waals surface area contributed by atoms with Crippen molar-refractivity contribution in [1.82, 2.24) is 5.32 Å². The summed E-state index contributed by atoms with van der Waals surface area (Å²) in [6.07, 6.45) is 1.56. The van der Waals surface area contributed by atoms with Gasteiger partial charge in [0.2, 0.25) is 0 Å². The van der Waals surface area contributed by atoms with E-state index in [9.17, 15) is 0 Å². The first-order valence-electron chi connectivity index (χ1n) is 5.52. The van der Waals surface area contributed by atoms with E-state index in [2.05, 4.69) is 59.4 Å². The summed E-state index contributed by atoms with van der Waals surface area (Å²) in [7, 11) is 0. The highest BCUT2D eigenvalue weighted by atomic mass is 79.9. The van der Waals surface area contributed by atoms with Gasteiger partial charge in [-0.3, -0.25) is 0 Å². The lowest BCUT2D eigenvalue weighted by Gasteiger charge is -2.13. The SMILES string of the molecule is CCC(CC#N)NCc1ccc(C)c(Br)c1. The predicted molar refractivity (Wildman–Crippen MR) is 70.0 cm³/mol. The van der Waals surface area contributed by atoms with E-state index in [1.54, 1.807) is 0 Å². The van der Waals surface area contributed by atoms with Crippen LogP contribution in [-0.4, -0.2) is 6.04 Å². The van der Waals surface area contributed by atoms with Crippen molar-refractivity contribution in [2.75, 3.05) is 0 Å². The van der Waals surface area contributed by atoms with Gasteiger partial charge in [0.15, 0.2) is 0 Å². The predicted octanol–water partition coefficient (Wildman–Crippen LogP) is 3.54. The zero-order valence-electron chi connectivity index (χ0n) is 9.76. The van der Waals surface area contributed by atoms with Crippen molar-refractivity contribution < 1.29 is 0 Å². The molecule has 16 heavy (non-hydrogen) atoms. The molecule has 0 aromatic heterocycles. The fourth-order valence-corrected chi connectivity index (χ4v) is 1.91. The van der Waals surface area contributed by atoms with Gasteiger partial charge >= 0.3 is 0 Å². The molecule has 1 N–H and O–H groups in total. The summed E-state index contributed by atoms with van der Waals surface area (Å²) >= 11 is 3.52. The maximum absolute atomic E-state index is 8.65. The van der Waals surface area contributed by atoms with Crippen LogP contribution in [0.3, 0.4) is 0 Å². The second-order valence-electron chi connectivity index (χ2n) is 3.93. The summed E-state index contributed by atoms with van der Waals surface area (Å²) in [6.45, 7) is 4.99. The number of nitrogens with one attached hydrogen (secondary N) is 1. The minimum absolute atomic E-state index is 0.296. The van der Waals surface area contributed by atoms with E-state index in [1.165, 1.54) is 11.1 Å².